The predicted molar refractivity (Wildman–Crippen MR) is 83.4 cm³/mol. The Balaban J connectivity index is 2.18. The minimum absolute atomic E-state index is 0.00917. The van der Waals surface area contributed by atoms with Crippen LogP contribution in [0, 0.1) is 5.82 Å². The molecule has 0 fully saturated rings. The molecule has 0 spiro atoms. The molecule has 0 aliphatic carbocycles. The van der Waals surface area contributed by atoms with E-state index in [9.17, 15) is 9.60 Å². The van der Waals surface area contributed by atoms with Crippen molar-refractivity contribution in [3.63, 3.8) is 0 Å². The number of halogens is 1. The van der Waals surface area contributed by atoms with Crippen LogP contribution < -0.4 is 27.1 Å². The molecule has 2 rings (SSSR count). The Labute approximate surface area is 136 Å². The first-order valence-electron chi connectivity index (χ1n) is 6.56. The number of aliphatic imine (C=N–C) groups is 2. The minimum atomic E-state index is -0.584. The van der Waals surface area contributed by atoms with Gasteiger partial charge in [-0.05, 0) is 28.5 Å². The third-order valence-corrected chi connectivity index (χ3v) is 2.63. The quantitative estimate of drug-likeness (QED) is 0.167. The number of hydrogen-bond acceptors (Lipinski definition) is 7. The fourth-order valence-corrected chi connectivity index (χ4v) is 1.60. The van der Waals surface area contributed by atoms with Crippen molar-refractivity contribution < 1.29 is 19.0 Å². The maximum Gasteiger partial charge on any atom is 0.287 e. The number of nitrogens with zero attached hydrogens (tertiary/aromatic N) is 4. The highest BCUT2D eigenvalue weighted by Gasteiger charge is 2.18. The second-order valence-electron chi connectivity index (χ2n) is 4.35. The van der Waals surface area contributed by atoms with Gasteiger partial charge in [0.15, 0.2) is 11.8 Å². The lowest BCUT2D eigenvalue weighted by Crippen LogP contribution is -2.24. The summed E-state index contributed by atoms with van der Waals surface area (Å²) in [5.41, 5.74) is 12.4. The molecule has 2 radical (unpaired) electrons. The standard InChI is InChI=1S/C12H13BFN7O3/c13-7-5-6(1-2-8(7)14)18-10(19-22)9-11(21-24-20-9)23-4-3-17-12(15)16/h1-2,5,22H,3-4H2,(H,18,19)(H4,15,16,17). The number of benzene rings is 1. The fraction of sp³-hybridized carbons (Fsp3) is 0.167. The Hall–Kier alpha value is -3.15. The second kappa shape index (κ2) is 7.92. The first-order valence-corrected chi connectivity index (χ1v) is 6.56. The summed E-state index contributed by atoms with van der Waals surface area (Å²) in [4.78, 5) is 7.77. The molecule has 6 N–H and O–H groups in total. The van der Waals surface area contributed by atoms with E-state index in [1.54, 1.807) is 0 Å². The Kier molecular flexibility index (Phi) is 5.68. The highest BCUT2D eigenvalue weighted by molar-refractivity contribution is 6.32. The SMILES string of the molecule is [B]c1cc(N=C(NO)c2nonc2OCCN=C(N)N)ccc1F. The van der Waals surface area contributed by atoms with Crippen LogP contribution in [-0.2, 0) is 0 Å². The minimum Gasteiger partial charge on any atom is -0.472 e. The zero-order chi connectivity index (χ0) is 17.5. The van der Waals surface area contributed by atoms with Gasteiger partial charge in [-0.15, -0.1) is 0 Å². The van der Waals surface area contributed by atoms with Gasteiger partial charge in [-0.25, -0.2) is 14.0 Å². The van der Waals surface area contributed by atoms with Gasteiger partial charge in [0.05, 0.1) is 12.2 Å². The Morgan fingerprint density at radius 3 is 2.88 bits per heavy atom. The maximum atomic E-state index is 13.2. The van der Waals surface area contributed by atoms with Gasteiger partial charge in [-0.3, -0.25) is 15.7 Å². The molecule has 1 aromatic carbocycles. The lowest BCUT2D eigenvalue weighted by Gasteiger charge is -2.05. The van der Waals surface area contributed by atoms with E-state index in [-0.39, 0.29) is 47.7 Å². The van der Waals surface area contributed by atoms with E-state index >= 15 is 0 Å². The van der Waals surface area contributed by atoms with Crippen molar-refractivity contribution in [2.24, 2.45) is 21.5 Å². The van der Waals surface area contributed by atoms with Gasteiger partial charge in [0, 0.05) is 0 Å². The van der Waals surface area contributed by atoms with Gasteiger partial charge in [-0.2, -0.15) is 0 Å². The fourth-order valence-electron chi connectivity index (χ4n) is 1.60. The van der Waals surface area contributed by atoms with Crippen molar-refractivity contribution in [2.45, 2.75) is 0 Å². The number of guanidine groups is 1. The van der Waals surface area contributed by atoms with Crippen LogP contribution in [0.25, 0.3) is 0 Å². The van der Waals surface area contributed by atoms with Crippen molar-refractivity contribution >= 4 is 30.8 Å². The topological polar surface area (TPSA) is 157 Å². The second-order valence-corrected chi connectivity index (χ2v) is 4.35. The van der Waals surface area contributed by atoms with Gasteiger partial charge in [0.1, 0.15) is 20.3 Å². The van der Waals surface area contributed by atoms with Crippen LogP contribution in [0.3, 0.4) is 0 Å². The lowest BCUT2D eigenvalue weighted by atomic mass is 9.95. The van der Waals surface area contributed by atoms with Gasteiger partial charge in [-0.1, -0.05) is 5.46 Å². The number of nitrogens with one attached hydrogen (secondary N) is 1. The molecular weight excluding hydrogens is 320 g/mol. The Morgan fingerprint density at radius 2 is 2.21 bits per heavy atom. The average Bonchev–Trinajstić information content (AvgIpc) is 3.00. The average molecular weight is 333 g/mol. The van der Waals surface area contributed by atoms with Crippen LogP contribution in [0.1, 0.15) is 5.69 Å². The van der Waals surface area contributed by atoms with Crippen LogP contribution in [0.4, 0.5) is 10.1 Å². The lowest BCUT2D eigenvalue weighted by molar-refractivity contribution is 0.233. The number of rotatable bonds is 6. The maximum absolute atomic E-state index is 13.2. The number of aromatic nitrogens is 2. The number of ether oxygens (including phenoxy) is 1. The van der Waals surface area contributed by atoms with E-state index in [2.05, 4.69) is 24.9 Å². The molecule has 0 bridgehead atoms. The van der Waals surface area contributed by atoms with E-state index < -0.39 is 5.82 Å². The van der Waals surface area contributed by atoms with E-state index in [4.69, 9.17) is 24.1 Å². The number of amidine groups is 1. The number of hydrogen-bond donors (Lipinski definition) is 4. The van der Waals surface area contributed by atoms with Gasteiger partial charge in [0.25, 0.3) is 5.88 Å². The van der Waals surface area contributed by atoms with Crippen LogP contribution in [0.15, 0.2) is 32.8 Å². The third kappa shape index (κ3) is 4.43. The monoisotopic (exact) mass is 333 g/mol. The summed E-state index contributed by atoms with van der Waals surface area (Å²) in [6, 6.07) is 3.77. The van der Waals surface area contributed by atoms with Gasteiger partial charge < -0.3 is 16.2 Å². The molecule has 0 aliphatic heterocycles. The molecule has 124 valence electrons. The first kappa shape index (κ1) is 17.2. The molecule has 0 amide bonds. The summed E-state index contributed by atoms with van der Waals surface area (Å²) in [5.74, 6) is -0.847. The summed E-state index contributed by atoms with van der Waals surface area (Å²) >= 11 is 0. The van der Waals surface area contributed by atoms with E-state index in [0.717, 1.165) is 6.07 Å². The normalized spacial score (nSPS) is 11.2. The van der Waals surface area contributed by atoms with E-state index in [1.165, 1.54) is 12.1 Å². The van der Waals surface area contributed by atoms with Crippen molar-refractivity contribution in [3.8, 4) is 5.88 Å². The Morgan fingerprint density at radius 1 is 1.42 bits per heavy atom. The van der Waals surface area contributed by atoms with E-state index in [0.29, 0.717) is 0 Å². The molecule has 24 heavy (non-hydrogen) atoms. The first-order chi connectivity index (χ1) is 11.5. The molecule has 0 saturated heterocycles. The van der Waals surface area contributed by atoms with Crippen molar-refractivity contribution in [3.05, 3.63) is 29.7 Å². The molecule has 0 saturated carbocycles. The van der Waals surface area contributed by atoms with E-state index in [1.807, 2.05) is 5.48 Å². The molecule has 2 aromatic rings. The zero-order valence-electron chi connectivity index (χ0n) is 12.3. The number of hydroxylamine groups is 1. The molecule has 0 aliphatic rings. The van der Waals surface area contributed by atoms with Crippen LogP contribution in [-0.4, -0.2) is 48.3 Å². The summed E-state index contributed by atoms with van der Waals surface area (Å²) in [7, 11) is 5.46. The highest BCUT2D eigenvalue weighted by Crippen LogP contribution is 2.17. The van der Waals surface area contributed by atoms with Crippen molar-refractivity contribution in [1.29, 1.82) is 0 Å². The van der Waals surface area contributed by atoms with Crippen molar-refractivity contribution in [1.82, 2.24) is 15.8 Å². The van der Waals surface area contributed by atoms with Crippen LogP contribution in [0.5, 0.6) is 5.88 Å². The molecule has 1 aromatic heterocycles. The molecule has 1 heterocycles. The molecular formula is C12H13BFN7O3. The summed E-state index contributed by atoms with van der Waals surface area (Å²) in [6.45, 7) is 0.267. The summed E-state index contributed by atoms with van der Waals surface area (Å²) < 4.78 is 23.0. The zero-order valence-corrected chi connectivity index (χ0v) is 12.3. The summed E-state index contributed by atoms with van der Waals surface area (Å²) in [5, 5.41) is 16.4. The highest BCUT2D eigenvalue weighted by atomic mass is 19.1. The molecule has 10 nitrogen and oxygen atoms in total. The molecule has 0 atom stereocenters. The predicted octanol–water partition coefficient (Wildman–Crippen LogP) is -1.29. The largest absolute Gasteiger partial charge is 0.472 e. The smallest absolute Gasteiger partial charge is 0.287 e. The van der Waals surface area contributed by atoms with Gasteiger partial charge >= 0.3 is 0 Å². The number of nitrogens with two attached hydrogens (primary N) is 2. The van der Waals surface area contributed by atoms with Crippen LogP contribution >= 0.6 is 0 Å². The van der Waals surface area contributed by atoms with Gasteiger partial charge in [0.2, 0.25) is 5.69 Å². The van der Waals surface area contributed by atoms with Crippen molar-refractivity contribution in [2.75, 3.05) is 13.2 Å². The molecule has 0 unspecified atom stereocenters. The Bertz CT molecular complexity index is 761. The van der Waals surface area contributed by atoms with Crippen LogP contribution in [0.2, 0.25) is 0 Å². The third-order valence-electron chi connectivity index (χ3n) is 2.63. The summed E-state index contributed by atoms with van der Waals surface area (Å²) in [6.07, 6.45) is 0. The molecule has 12 heteroatoms.